The number of rotatable bonds is 2. The third-order valence-electron chi connectivity index (χ3n) is 1.05. The van der Waals surface area contributed by atoms with Crippen LogP contribution in [0.25, 0.3) is 0 Å². The number of anilines is 1. The molecule has 0 aliphatic carbocycles. The van der Waals surface area contributed by atoms with Gasteiger partial charge in [-0.2, -0.15) is 8.78 Å². The summed E-state index contributed by atoms with van der Waals surface area (Å²) in [7, 11) is 0. The average molecular weight is 231 g/mol. The second-order valence-electron chi connectivity index (χ2n) is 1.93. The number of aromatic nitrogens is 1. The molecule has 3 nitrogen and oxygen atoms in total. The molecule has 0 radical (unpaired) electrons. The molecule has 0 aliphatic rings. The van der Waals surface area contributed by atoms with Crippen LogP contribution in [0.15, 0.2) is 12.3 Å². The van der Waals surface area contributed by atoms with Crippen molar-refractivity contribution < 1.29 is 13.5 Å². The van der Waals surface area contributed by atoms with Gasteiger partial charge in [0.1, 0.15) is 0 Å². The van der Waals surface area contributed by atoms with Crippen LogP contribution in [-0.2, 0) is 0 Å². The van der Waals surface area contributed by atoms with Crippen LogP contribution < -0.4 is 10.5 Å². The Morgan fingerprint density at radius 1 is 1.54 bits per heavy atom. The maximum Gasteiger partial charge on any atom is 0.388 e. The van der Waals surface area contributed by atoms with Crippen molar-refractivity contribution in [3.8, 4) is 5.88 Å². The largest absolute Gasteiger partial charge is 0.415 e. The summed E-state index contributed by atoms with van der Waals surface area (Å²) in [5.74, 6) is -0.311. The summed E-state index contributed by atoms with van der Waals surface area (Å²) >= 11 is 5.47. The Morgan fingerprint density at radius 3 is 2.62 bits per heavy atom. The van der Waals surface area contributed by atoms with E-state index in [1.807, 2.05) is 0 Å². The van der Waals surface area contributed by atoms with Crippen LogP contribution in [0.2, 0.25) is 5.02 Å². The second kappa shape index (κ2) is 5.04. The first kappa shape index (κ1) is 12.2. The Labute approximate surface area is 84.3 Å². The summed E-state index contributed by atoms with van der Waals surface area (Å²) in [6.07, 6.45) is 1.18. The van der Waals surface area contributed by atoms with E-state index in [1.54, 1.807) is 0 Å². The van der Waals surface area contributed by atoms with Crippen molar-refractivity contribution >= 4 is 29.7 Å². The number of hydrogen-bond donors (Lipinski definition) is 1. The molecule has 1 aromatic rings. The number of hydrogen-bond acceptors (Lipinski definition) is 3. The lowest BCUT2D eigenvalue weighted by molar-refractivity contribution is -0.0522. The highest BCUT2D eigenvalue weighted by Crippen LogP contribution is 2.22. The molecule has 0 bridgehead atoms. The summed E-state index contributed by atoms with van der Waals surface area (Å²) < 4.78 is 27.3. The van der Waals surface area contributed by atoms with Gasteiger partial charge in [0.25, 0.3) is 0 Å². The number of alkyl halides is 2. The van der Waals surface area contributed by atoms with Gasteiger partial charge in [0, 0.05) is 6.20 Å². The first-order chi connectivity index (χ1) is 5.59. The van der Waals surface area contributed by atoms with E-state index >= 15 is 0 Å². The number of nitrogens with two attached hydrogens (primary N) is 1. The molecule has 1 rings (SSSR count). The highest BCUT2D eigenvalue weighted by Gasteiger charge is 2.08. The molecule has 0 fully saturated rings. The van der Waals surface area contributed by atoms with Crippen LogP contribution in [0.3, 0.4) is 0 Å². The third-order valence-corrected chi connectivity index (χ3v) is 1.25. The monoisotopic (exact) mass is 230 g/mol. The van der Waals surface area contributed by atoms with E-state index in [4.69, 9.17) is 17.3 Å². The van der Waals surface area contributed by atoms with Gasteiger partial charge >= 0.3 is 6.61 Å². The fourth-order valence-electron chi connectivity index (χ4n) is 0.625. The van der Waals surface area contributed by atoms with Gasteiger partial charge < -0.3 is 10.5 Å². The Hall–Kier alpha value is -0.810. The van der Waals surface area contributed by atoms with Crippen LogP contribution >= 0.6 is 24.0 Å². The second-order valence-corrected chi connectivity index (χ2v) is 2.36. The summed E-state index contributed by atoms with van der Waals surface area (Å²) in [5, 5.41) is 0.272. The van der Waals surface area contributed by atoms with Gasteiger partial charge in [-0.3, -0.25) is 0 Å². The van der Waals surface area contributed by atoms with E-state index in [9.17, 15) is 8.78 Å². The molecule has 0 spiro atoms. The smallest absolute Gasteiger partial charge is 0.388 e. The van der Waals surface area contributed by atoms with Gasteiger partial charge in [-0.1, -0.05) is 11.6 Å². The fraction of sp³-hybridized carbons (Fsp3) is 0.167. The van der Waals surface area contributed by atoms with Gasteiger partial charge in [0.15, 0.2) is 0 Å². The zero-order valence-corrected chi connectivity index (χ0v) is 7.78. The van der Waals surface area contributed by atoms with E-state index in [2.05, 4.69) is 9.72 Å². The molecule has 0 aliphatic heterocycles. The van der Waals surface area contributed by atoms with Crippen LogP contribution in [0.4, 0.5) is 14.5 Å². The average Bonchev–Trinajstić information content (AvgIpc) is 1.94. The van der Waals surface area contributed by atoms with E-state index in [1.165, 1.54) is 12.3 Å². The predicted molar refractivity (Wildman–Crippen MR) is 47.5 cm³/mol. The minimum atomic E-state index is -2.93. The summed E-state index contributed by atoms with van der Waals surface area (Å²) in [4.78, 5) is 3.46. The first-order valence-electron chi connectivity index (χ1n) is 2.95. The number of nitrogens with zero attached hydrogens (tertiary/aromatic N) is 1. The van der Waals surface area contributed by atoms with Crippen LogP contribution in [0, 0.1) is 0 Å². The molecular formula is C6H6Cl2F2N2O. The fourth-order valence-corrected chi connectivity index (χ4v) is 0.792. The summed E-state index contributed by atoms with van der Waals surface area (Å²) in [5.41, 5.74) is 5.25. The van der Waals surface area contributed by atoms with Crippen LogP contribution in [-0.4, -0.2) is 11.6 Å². The molecule has 1 aromatic heterocycles. The number of ether oxygens (including phenoxy) is 1. The van der Waals surface area contributed by atoms with Crippen molar-refractivity contribution in [3.05, 3.63) is 17.3 Å². The van der Waals surface area contributed by atoms with Crippen molar-refractivity contribution in [2.45, 2.75) is 6.61 Å². The lowest BCUT2D eigenvalue weighted by Crippen LogP contribution is -2.05. The molecule has 0 aromatic carbocycles. The van der Waals surface area contributed by atoms with Crippen molar-refractivity contribution in [3.63, 3.8) is 0 Å². The predicted octanol–water partition coefficient (Wildman–Crippen LogP) is 2.34. The van der Waals surface area contributed by atoms with Gasteiger partial charge in [-0.25, -0.2) is 4.98 Å². The Balaban J connectivity index is 0.00000144. The molecule has 0 amide bonds. The molecule has 13 heavy (non-hydrogen) atoms. The number of nitrogen functional groups attached to an aromatic ring is 1. The molecule has 74 valence electrons. The maximum absolute atomic E-state index is 11.7. The molecule has 0 saturated carbocycles. The summed E-state index contributed by atoms with van der Waals surface area (Å²) in [6.45, 7) is -2.93. The Bertz CT molecular complexity index is 285. The number of pyridine rings is 1. The highest BCUT2D eigenvalue weighted by atomic mass is 35.5. The lowest BCUT2D eigenvalue weighted by atomic mass is 10.4. The lowest BCUT2D eigenvalue weighted by Gasteiger charge is -2.05. The van der Waals surface area contributed by atoms with E-state index < -0.39 is 6.61 Å². The summed E-state index contributed by atoms with van der Waals surface area (Å²) in [6, 6.07) is 1.28. The van der Waals surface area contributed by atoms with Gasteiger partial charge in [-0.05, 0) is 6.07 Å². The van der Waals surface area contributed by atoms with E-state index in [0.717, 1.165) is 0 Å². The normalized spacial score (nSPS) is 9.54. The molecule has 7 heteroatoms. The molecular weight excluding hydrogens is 225 g/mol. The maximum atomic E-state index is 11.7. The van der Waals surface area contributed by atoms with Gasteiger partial charge in [-0.15, -0.1) is 12.4 Å². The molecule has 0 saturated heterocycles. The van der Waals surface area contributed by atoms with E-state index in [-0.39, 0.29) is 29.0 Å². The van der Waals surface area contributed by atoms with Crippen molar-refractivity contribution in [2.75, 3.05) is 5.73 Å². The Kier molecular flexibility index (Phi) is 4.72. The van der Waals surface area contributed by atoms with Gasteiger partial charge in [0.05, 0.1) is 10.7 Å². The highest BCUT2D eigenvalue weighted by molar-refractivity contribution is 6.30. The van der Waals surface area contributed by atoms with Crippen LogP contribution in [0.1, 0.15) is 0 Å². The molecule has 0 unspecified atom stereocenters. The topological polar surface area (TPSA) is 48.1 Å². The van der Waals surface area contributed by atoms with Crippen molar-refractivity contribution in [1.29, 1.82) is 0 Å². The first-order valence-corrected chi connectivity index (χ1v) is 3.33. The van der Waals surface area contributed by atoms with Crippen molar-refractivity contribution in [2.24, 2.45) is 0 Å². The molecule has 0 atom stereocenters. The number of halogens is 4. The Morgan fingerprint density at radius 2 is 2.15 bits per heavy atom. The standard InChI is InChI=1S/C6H5ClF2N2O.ClH/c7-3-1-4(10)5(11-2-3)12-6(8)9;/h1-2,6H,10H2;1H. The zero-order valence-electron chi connectivity index (χ0n) is 6.21. The zero-order chi connectivity index (χ0) is 9.14. The molecule has 2 N–H and O–H groups in total. The quantitative estimate of drug-likeness (QED) is 0.849. The van der Waals surface area contributed by atoms with Crippen molar-refractivity contribution in [1.82, 2.24) is 4.98 Å². The minimum Gasteiger partial charge on any atom is -0.415 e. The van der Waals surface area contributed by atoms with Crippen LogP contribution in [0.5, 0.6) is 5.88 Å². The van der Waals surface area contributed by atoms with Gasteiger partial charge in [0.2, 0.25) is 5.88 Å². The SMILES string of the molecule is Cl.Nc1cc(Cl)cnc1OC(F)F. The molecule has 1 heterocycles. The minimum absolute atomic E-state index is 0. The third kappa shape index (κ3) is 3.61. The van der Waals surface area contributed by atoms with E-state index in [0.29, 0.717) is 0 Å².